The van der Waals surface area contributed by atoms with E-state index in [2.05, 4.69) is 134 Å². The van der Waals surface area contributed by atoms with Gasteiger partial charge in [0.1, 0.15) is 34.5 Å². The van der Waals surface area contributed by atoms with Crippen LogP contribution in [0, 0.1) is 0 Å². The molecular formula is C46H31N3O2S. The van der Waals surface area contributed by atoms with E-state index in [1.807, 2.05) is 29.5 Å². The SMILES string of the molecule is CC1CC=C(C2=NC(c3cccc4sc5ccccc5c34)=NC(c3ccccc3)N2)c2c1oc1cccc(-c3ccc4c(c3)oc3ccccc34)c21. The lowest BCUT2D eigenvalue weighted by atomic mass is 9.85. The molecule has 9 aromatic rings. The molecule has 2 unspecified atom stereocenters. The highest BCUT2D eigenvalue weighted by Gasteiger charge is 2.32. The summed E-state index contributed by atoms with van der Waals surface area (Å²) in [6.07, 6.45) is 2.86. The molecule has 0 saturated carbocycles. The summed E-state index contributed by atoms with van der Waals surface area (Å²) in [5, 5.41) is 9.52. The lowest BCUT2D eigenvalue weighted by molar-refractivity contribution is 0.503. The van der Waals surface area contributed by atoms with Gasteiger partial charge in [-0.05, 0) is 59.5 Å². The van der Waals surface area contributed by atoms with E-state index in [1.54, 1.807) is 0 Å². The number of fused-ring (bicyclic) bond motifs is 9. The number of para-hydroxylation sites is 1. The third-order valence-electron chi connectivity index (χ3n) is 10.6. The predicted molar refractivity (Wildman–Crippen MR) is 216 cm³/mol. The van der Waals surface area contributed by atoms with Crippen LogP contribution < -0.4 is 5.32 Å². The van der Waals surface area contributed by atoms with Gasteiger partial charge in [-0.15, -0.1) is 11.3 Å². The quantitative estimate of drug-likeness (QED) is 0.200. The highest BCUT2D eigenvalue weighted by molar-refractivity contribution is 7.25. The van der Waals surface area contributed by atoms with Crippen molar-refractivity contribution in [3.63, 3.8) is 0 Å². The van der Waals surface area contributed by atoms with E-state index in [4.69, 9.17) is 18.8 Å². The maximum absolute atomic E-state index is 6.76. The van der Waals surface area contributed by atoms with Gasteiger partial charge in [-0.1, -0.05) is 110 Å². The minimum absolute atomic E-state index is 0.213. The van der Waals surface area contributed by atoms with E-state index in [9.17, 15) is 0 Å². The molecule has 0 bridgehead atoms. The van der Waals surface area contributed by atoms with Crippen molar-refractivity contribution in [2.24, 2.45) is 9.98 Å². The van der Waals surface area contributed by atoms with Crippen molar-refractivity contribution in [1.29, 1.82) is 0 Å². The van der Waals surface area contributed by atoms with Crippen LogP contribution in [0.4, 0.5) is 0 Å². The number of nitrogens with zero attached hydrogens (tertiary/aromatic N) is 2. The molecule has 2 aliphatic rings. The second kappa shape index (κ2) is 11.4. The first-order valence-electron chi connectivity index (χ1n) is 17.7. The third kappa shape index (κ3) is 4.47. The molecule has 6 heteroatoms. The lowest BCUT2D eigenvalue weighted by Crippen LogP contribution is -2.34. The number of thiophene rings is 1. The van der Waals surface area contributed by atoms with Crippen LogP contribution in [0.5, 0.6) is 0 Å². The van der Waals surface area contributed by atoms with Crippen molar-refractivity contribution in [2.45, 2.75) is 25.4 Å². The number of rotatable bonds is 4. The molecule has 4 heterocycles. The first-order valence-corrected chi connectivity index (χ1v) is 18.6. The van der Waals surface area contributed by atoms with E-state index in [1.165, 1.54) is 20.2 Å². The van der Waals surface area contributed by atoms with Crippen molar-refractivity contribution in [1.82, 2.24) is 5.32 Å². The molecule has 248 valence electrons. The van der Waals surface area contributed by atoms with Gasteiger partial charge >= 0.3 is 0 Å². The maximum atomic E-state index is 6.76. The zero-order valence-corrected chi connectivity index (χ0v) is 29.1. The molecule has 0 amide bonds. The predicted octanol–water partition coefficient (Wildman–Crippen LogP) is 12.4. The first kappa shape index (κ1) is 29.5. The lowest BCUT2D eigenvalue weighted by Gasteiger charge is -2.27. The molecule has 2 atom stereocenters. The van der Waals surface area contributed by atoms with Gasteiger partial charge in [0.15, 0.2) is 5.84 Å². The van der Waals surface area contributed by atoms with Gasteiger partial charge < -0.3 is 14.2 Å². The summed E-state index contributed by atoms with van der Waals surface area (Å²) in [5.41, 5.74) is 9.07. The van der Waals surface area contributed by atoms with E-state index in [0.29, 0.717) is 0 Å². The van der Waals surface area contributed by atoms with Gasteiger partial charge in [0.25, 0.3) is 0 Å². The van der Waals surface area contributed by atoms with E-state index in [-0.39, 0.29) is 12.1 Å². The molecule has 1 aliphatic heterocycles. The maximum Gasteiger partial charge on any atom is 0.160 e. The van der Waals surface area contributed by atoms with E-state index in [0.717, 1.165) is 90.2 Å². The number of aliphatic imine (C=N–C) groups is 2. The molecule has 6 aromatic carbocycles. The number of benzene rings is 6. The smallest absolute Gasteiger partial charge is 0.160 e. The van der Waals surface area contributed by atoms with Gasteiger partial charge in [-0.2, -0.15) is 0 Å². The summed E-state index contributed by atoms with van der Waals surface area (Å²) in [5.74, 6) is 2.72. The van der Waals surface area contributed by atoms with Crippen molar-refractivity contribution in [3.05, 3.63) is 162 Å². The van der Waals surface area contributed by atoms with Crippen molar-refractivity contribution in [2.75, 3.05) is 0 Å². The van der Waals surface area contributed by atoms with Crippen LogP contribution >= 0.6 is 11.3 Å². The van der Waals surface area contributed by atoms with Gasteiger partial charge in [0.05, 0.1) is 0 Å². The Labute approximate surface area is 303 Å². The average Bonchev–Trinajstić information content (AvgIpc) is 3.90. The number of amidine groups is 2. The van der Waals surface area contributed by atoms with E-state index >= 15 is 0 Å². The van der Waals surface area contributed by atoms with Gasteiger partial charge in [0.2, 0.25) is 0 Å². The highest BCUT2D eigenvalue weighted by atomic mass is 32.1. The van der Waals surface area contributed by atoms with E-state index < -0.39 is 0 Å². The molecule has 52 heavy (non-hydrogen) atoms. The average molecular weight is 690 g/mol. The fourth-order valence-corrected chi connectivity index (χ4v) is 9.24. The van der Waals surface area contributed by atoms with Crippen LogP contribution in [-0.2, 0) is 0 Å². The Kier molecular flexibility index (Phi) is 6.46. The van der Waals surface area contributed by atoms with Gasteiger partial charge in [-0.25, -0.2) is 9.98 Å². The summed E-state index contributed by atoms with van der Waals surface area (Å²) in [7, 11) is 0. The Bertz CT molecular complexity index is 3000. The molecular weight excluding hydrogens is 659 g/mol. The normalized spacial score (nSPS) is 17.4. The van der Waals surface area contributed by atoms with Crippen molar-refractivity contribution in [3.8, 4) is 11.1 Å². The molecule has 1 N–H and O–H groups in total. The molecule has 3 aromatic heterocycles. The second-order valence-electron chi connectivity index (χ2n) is 13.7. The molecule has 0 radical (unpaired) electrons. The Balaban J connectivity index is 1.11. The number of hydrogen-bond donors (Lipinski definition) is 1. The Morgan fingerprint density at radius 2 is 1.40 bits per heavy atom. The molecule has 0 spiro atoms. The van der Waals surface area contributed by atoms with Crippen molar-refractivity contribution < 1.29 is 8.83 Å². The van der Waals surface area contributed by atoms with Crippen LogP contribution in [0.3, 0.4) is 0 Å². The second-order valence-corrected chi connectivity index (χ2v) is 14.8. The largest absolute Gasteiger partial charge is 0.460 e. The zero-order valence-electron chi connectivity index (χ0n) is 28.3. The zero-order chi connectivity index (χ0) is 34.3. The first-order chi connectivity index (χ1) is 25.7. The molecule has 0 fully saturated rings. The number of nitrogens with one attached hydrogen (secondary N) is 1. The third-order valence-corrected chi connectivity index (χ3v) is 11.7. The summed E-state index contributed by atoms with van der Waals surface area (Å²) in [6.45, 7) is 2.24. The summed E-state index contributed by atoms with van der Waals surface area (Å²) in [6, 6.07) is 46.7. The number of furan rings is 2. The summed E-state index contributed by atoms with van der Waals surface area (Å²) < 4.78 is 15.6. The van der Waals surface area contributed by atoms with Crippen molar-refractivity contribution >= 4 is 81.7 Å². The standard InChI is InChI=1S/C46H31N3O2S/c1-26-21-23-34(42-41-29(15-9-18-36(41)51-43(26)42)28-22-24-31-30-13-5-7-17-35(30)50-37(31)25-28)46-48-44(27-11-3-2-4-12-27)47-45(49-46)33-16-10-20-39-40(33)32-14-6-8-19-38(32)52-39/h2-20,22-26,44H,21H2,1H3,(H,47,48,49). The molecule has 0 saturated heterocycles. The molecule has 1 aliphatic carbocycles. The van der Waals surface area contributed by atoms with Gasteiger partial charge in [0, 0.05) is 58.9 Å². The van der Waals surface area contributed by atoms with Crippen LogP contribution in [0.1, 0.15) is 47.9 Å². The molecule has 5 nitrogen and oxygen atoms in total. The minimum atomic E-state index is -0.319. The summed E-state index contributed by atoms with van der Waals surface area (Å²) >= 11 is 1.81. The Morgan fingerprint density at radius 1 is 0.654 bits per heavy atom. The number of hydrogen-bond acceptors (Lipinski definition) is 6. The highest BCUT2D eigenvalue weighted by Crippen LogP contribution is 2.46. The fraction of sp³-hybridized carbons (Fsp3) is 0.0870. The molecule has 11 rings (SSSR count). The minimum Gasteiger partial charge on any atom is -0.460 e. The topological polar surface area (TPSA) is 63.0 Å². The monoisotopic (exact) mass is 689 g/mol. The van der Waals surface area contributed by atoms with Crippen LogP contribution in [0.25, 0.3) is 69.8 Å². The Morgan fingerprint density at radius 3 is 2.33 bits per heavy atom. The van der Waals surface area contributed by atoms with Gasteiger partial charge in [-0.3, -0.25) is 0 Å². The van der Waals surface area contributed by atoms with Crippen LogP contribution in [0.2, 0.25) is 0 Å². The van der Waals surface area contributed by atoms with Crippen LogP contribution in [-0.4, -0.2) is 11.7 Å². The Hall–Kier alpha value is -6.24. The number of allylic oxidation sites excluding steroid dienone is 1. The van der Waals surface area contributed by atoms with Crippen LogP contribution in [0.15, 0.2) is 158 Å². The summed E-state index contributed by atoms with van der Waals surface area (Å²) in [4.78, 5) is 10.7. The fourth-order valence-electron chi connectivity index (χ4n) is 8.11.